The molecule has 16 heavy (non-hydrogen) atoms. The summed E-state index contributed by atoms with van der Waals surface area (Å²) in [5.41, 5.74) is -0.567. The number of rotatable bonds is 3. The monoisotopic (exact) mass is 221 g/mol. The lowest BCUT2D eigenvalue weighted by Gasteiger charge is -2.35. The van der Waals surface area contributed by atoms with Crippen molar-refractivity contribution in [1.82, 2.24) is 9.97 Å². The molecule has 1 aromatic heterocycles. The quantitative estimate of drug-likeness (QED) is 0.817. The molecule has 1 aromatic rings. The minimum absolute atomic E-state index is 0.567. The van der Waals surface area contributed by atoms with Gasteiger partial charge in [0.25, 0.3) is 0 Å². The predicted molar refractivity (Wildman–Crippen MR) is 63.1 cm³/mol. The number of nitrogens with one attached hydrogen (secondary N) is 1. The van der Waals surface area contributed by atoms with E-state index in [0.717, 1.165) is 25.1 Å². The molecule has 2 unspecified atom stereocenters. The standard InChI is InChI=1S/C12H19N3O/c1-10-3-2-5-12(16,7-10)8-14-11-4-6-13-9-15-11/h4,6,9-10,16H,2-3,5,7-8H2,1H3,(H,13,14,15). The van der Waals surface area contributed by atoms with Crippen LogP contribution in [0.5, 0.6) is 0 Å². The van der Waals surface area contributed by atoms with Crippen molar-refractivity contribution in [3.05, 3.63) is 18.6 Å². The first-order valence-corrected chi connectivity index (χ1v) is 5.90. The van der Waals surface area contributed by atoms with Crippen molar-refractivity contribution in [1.29, 1.82) is 0 Å². The van der Waals surface area contributed by atoms with Crippen LogP contribution < -0.4 is 5.32 Å². The third-order valence-corrected chi connectivity index (χ3v) is 3.25. The molecule has 0 aliphatic heterocycles. The van der Waals surface area contributed by atoms with E-state index in [-0.39, 0.29) is 0 Å². The fraction of sp³-hybridized carbons (Fsp3) is 0.667. The molecular weight excluding hydrogens is 202 g/mol. The molecule has 4 nitrogen and oxygen atoms in total. The number of aromatic nitrogens is 2. The van der Waals surface area contributed by atoms with Gasteiger partial charge in [0.15, 0.2) is 0 Å². The Labute approximate surface area is 96.1 Å². The van der Waals surface area contributed by atoms with Gasteiger partial charge < -0.3 is 10.4 Å². The molecule has 2 N–H and O–H groups in total. The van der Waals surface area contributed by atoms with Gasteiger partial charge in [-0.25, -0.2) is 9.97 Å². The molecule has 1 aliphatic rings. The number of hydrogen-bond acceptors (Lipinski definition) is 4. The maximum Gasteiger partial charge on any atom is 0.129 e. The van der Waals surface area contributed by atoms with Crippen LogP contribution in [0.15, 0.2) is 18.6 Å². The SMILES string of the molecule is CC1CCCC(O)(CNc2ccncn2)C1. The van der Waals surface area contributed by atoms with Gasteiger partial charge in [0, 0.05) is 12.7 Å². The molecule has 0 radical (unpaired) electrons. The van der Waals surface area contributed by atoms with E-state index in [4.69, 9.17) is 0 Å². The highest BCUT2D eigenvalue weighted by molar-refractivity contribution is 5.32. The Hall–Kier alpha value is -1.16. The van der Waals surface area contributed by atoms with Crippen LogP contribution in [0.25, 0.3) is 0 Å². The lowest BCUT2D eigenvalue weighted by molar-refractivity contribution is -0.000827. The summed E-state index contributed by atoms with van der Waals surface area (Å²) in [6.07, 6.45) is 7.32. The molecule has 1 aliphatic carbocycles. The molecule has 0 bridgehead atoms. The number of aliphatic hydroxyl groups is 1. The van der Waals surface area contributed by atoms with Gasteiger partial charge in [-0.05, 0) is 24.8 Å². The maximum atomic E-state index is 10.4. The number of nitrogens with zero attached hydrogens (tertiary/aromatic N) is 2. The number of anilines is 1. The van der Waals surface area contributed by atoms with E-state index in [9.17, 15) is 5.11 Å². The molecule has 1 saturated carbocycles. The van der Waals surface area contributed by atoms with Crippen LogP contribution in [0.4, 0.5) is 5.82 Å². The summed E-state index contributed by atoms with van der Waals surface area (Å²) in [5, 5.41) is 13.6. The Morgan fingerprint density at radius 1 is 1.62 bits per heavy atom. The second-order valence-electron chi connectivity index (χ2n) is 4.87. The van der Waals surface area contributed by atoms with E-state index in [1.807, 2.05) is 6.07 Å². The fourth-order valence-corrected chi connectivity index (χ4v) is 2.44. The topological polar surface area (TPSA) is 58.0 Å². The molecule has 2 rings (SSSR count). The Balaban J connectivity index is 1.89. The third kappa shape index (κ3) is 2.92. The van der Waals surface area contributed by atoms with Crippen molar-refractivity contribution in [3.63, 3.8) is 0 Å². The molecule has 1 heterocycles. The van der Waals surface area contributed by atoms with Gasteiger partial charge in [0.2, 0.25) is 0 Å². The van der Waals surface area contributed by atoms with Gasteiger partial charge in [-0.3, -0.25) is 0 Å². The zero-order chi connectivity index (χ0) is 11.4. The van der Waals surface area contributed by atoms with Gasteiger partial charge in [-0.15, -0.1) is 0 Å². The average Bonchev–Trinajstić information content (AvgIpc) is 2.28. The summed E-state index contributed by atoms with van der Waals surface area (Å²) in [7, 11) is 0. The lowest BCUT2D eigenvalue weighted by atomic mass is 9.79. The highest BCUT2D eigenvalue weighted by Gasteiger charge is 2.32. The normalized spacial score (nSPS) is 30.0. The first-order chi connectivity index (χ1) is 7.68. The van der Waals surface area contributed by atoms with Gasteiger partial charge in [0.1, 0.15) is 12.1 Å². The van der Waals surface area contributed by atoms with Crippen LogP contribution in [0.3, 0.4) is 0 Å². The molecule has 2 atom stereocenters. The molecule has 4 heteroatoms. The molecule has 1 fully saturated rings. The molecular formula is C12H19N3O. The maximum absolute atomic E-state index is 10.4. The zero-order valence-corrected chi connectivity index (χ0v) is 9.69. The summed E-state index contributed by atoms with van der Waals surface area (Å²) < 4.78 is 0. The highest BCUT2D eigenvalue weighted by atomic mass is 16.3. The van der Waals surface area contributed by atoms with Crippen molar-refractivity contribution < 1.29 is 5.11 Å². The smallest absolute Gasteiger partial charge is 0.129 e. The Morgan fingerprint density at radius 3 is 3.19 bits per heavy atom. The van der Waals surface area contributed by atoms with Crippen LogP contribution in [-0.2, 0) is 0 Å². The highest BCUT2D eigenvalue weighted by Crippen LogP contribution is 2.32. The van der Waals surface area contributed by atoms with E-state index in [1.165, 1.54) is 12.7 Å². The molecule has 88 valence electrons. The van der Waals surface area contributed by atoms with Crippen LogP contribution in [0.1, 0.15) is 32.6 Å². The van der Waals surface area contributed by atoms with E-state index >= 15 is 0 Å². The van der Waals surface area contributed by atoms with Crippen molar-refractivity contribution in [3.8, 4) is 0 Å². The van der Waals surface area contributed by atoms with Crippen LogP contribution in [0, 0.1) is 5.92 Å². The van der Waals surface area contributed by atoms with E-state index in [2.05, 4.69) is 22.2 Å². The Kier molecular flexibility index (Phi) is 3.39. The van der Waals surface area contributed by atoms with Crippen LogP contribution >= 0.6 is 0 Å². The fourth-order valence-electron chi connectivity index (χ4n) is 2.44. The predicted octanol–water partition coefficient (Wildman–Crippen LogP) is 1.83. The summed E-state index contributed by atoms with van der Waals surface area (Å²) in [6, 6.07) is 1.82. The first kappa shape index (κ1) is 11.3. The molecule has 0 amide bonds. The second kappa shape index (κ2) is 4.78. The molecule has 0 spiro atoms. The minimum Gasteiger partial charge on any atom is -0.388 e. The van der Waals surface area contributed by atoms with Gasteiger partial charge in [-0.1, -0.05) is 19.8 Å². The van der Waals surface area contributed by atoms with Gasteiger partial charge in [0.05, 0.1) is 5.60 Å². The van der Waals surface area contributed by atoms with Crippen molar-refractivity contribution in [2.45, 2.75) is 38.2 Å². The van der Waals surface area contributed by atoms with E-state index in [1.54, 1.807) is 6.20 Å². The van der Waals surface area contributed by atoms with Crippen molar-refractivity contribution in [2.75, 3.05) is 11.9 Å². The van der Waals surface area contributed by atoms with Gasteiger partial charge in [-0.2, -0.15) is 0 Å². The lowest BCUT2D eigenvalue weighted by Crippen LogP contribution is -2.41. The third-order valence-electron chi connectivity index (χ3n) is 3.25. The number of hydrogen-bond donors (Lipinski definition) is 2. The molecule has 0 saturated heterocycles. The second-order valence-corrected chi connectivity index (χ2v) is 4.87. The van der Waals surface area contributed by atoms with Crippen molar-refractivity contribution >= 4 is 5.82 Å². The summed E-state index contributed by atoms with van der Waals surface area (Å²) >= 11 is 0. The van der Waals surface area contributed by atoms with E-state index < -0.39 is 5.60 Å². The zero-order valence-electron chi connectivity index (χ0n) is 9.69. The Morgan fingerprint density at radius 2 is 2.50 bits per heavy atom. The summed E-state index contributed by atoms with van der Waals surface area (Å²) in [5.74, 6) is 1.40. The van der Waals surface area contributed by atoms with Crippen LogP contribution in [-0.4, -0.2) is 27.2 Å². The van der Waals surface area contributed by atoms with Crippen LogP contribution in [0.2, 0.25) is 0 Å². The van der Waals surface area contributed by atoms with E-state index in [0.29, 0.717) is 12.5 Å². The van der Waals surface area contributed by atoms with Crippen molar-refractivity contribution in [2.24, 2.45) is 5.92 Å². The largest absolute Gasteiger partial charge is 0.388 e. The average molecular weight is 221 g/mol. The van der Waals surface area contributed by atoms with Gasteiger partial charge >= 0.3 is 0 Å². The first-order valence-electron chi connectivity index (χ1n) is 5.90. The summed E-state index contributed by atoms with van der Waals surface area (Å²) in [4.78, 5) is 7.94. The summed E-state index contributed by atoms with van der Waals surface area (Å²) in [6.45, 7) is 2.78. The molecule has 0 aromatic carbocycles. The Bertz CT molecular complexity index is 330. The minimum atomic E-state index is -0.567.